The van der Waals surface area contributed by atoms with Gasteiger partial charge in [-0.25, -0.2) is 0 Å². The highest BCUT2D eigenvalue weighted by Gasteiger charge is 2.10. The van der Waals surface area contributed by atoms with Gasteiger partial charge >= 0.3 is 0 Å². The lowest BCUT2D eigenvalue weighted by Gasteiger charge is -2.15. The van der Waals surface area contributed by atoms with E-state index in [1.54, 1.807) is 11.3 Å². The average Bonchev–Trinajstić information content (AvgIpc) is 2.88. The molecule has 0 aliphatic rings. The van der Waals surface area contributed by atoms with E-state index in [1.165, 1.54) is 0 Å². The Morgan fingerprint density at radius 2 is 2.22 bits per heavy atom. The molecule has 96 valence electrons. The van der Waals surface area contributed by atoms with Crippen LogP contribution in [0.2, 0.25) is 5.02 Å². The third kappa shape index (κ3) is 3.33. The molecule has 0 saturated heterocycles. The maximum atomic E-state index is 9.39. The van der Waals surface area contributed by atoms with Gasteiger partial charge in [-0.05, 0) is 46.5 Å². The average molecular weight is 282 g/mol. The van der Waals surface area contributed by atoms with Crippen molar-refractivity contribution in [1.82, 2.24) is 5.32 Å². The summed E-state index contributed by atoms with van der Waals surface area (Å²) < 4.78 is 0. The molecule has 0 spiro atoms. The van der Waals surface area contributed by atoms with E-state index in [1.807, 2.05) is 30.5 Å². The zero-order valence-electron chi connectivity index (χ0n) is 10.2. The van der Waals surface area contributed by atoms with Gasteiger partial charge in [0.25, 0.3) is 0 Å². The molecule has 1 heterocycles. The molecule has 1 atom stereocenters. The number of benzene rings is 1. The minimum Gasteiger partial charge on any atom is -0.394 e. The van der Waals surface area contributed by atoms with Crippen LogP contribution >= 0.6 is 22.9 Å². The molecule has 0 bridgehead atoms. The van der Waals surface area contributed by atoms with Crippen molar-refractivity contribution in [2.24, 2.45) is 0 Å². The van der Waals surface area contributed by atoms with E-state index < -0.39 is 0 Å². The zero-order chi connectivity index (χ0) is 13.0. The van der Waals surface area contributed by atoms with Gasteiger partial charge in [0, 0.05) is 11.6 Å². The predicted molar refractivity (Wildman–Crippen MR) is 77.2 cm³/mol. The lowest BCUT2D eigenvalue weighted by Crippen LogP contribution is -2.23. The lowest BCUT2D eigenvalue weighted by molar-refractivity contribution is 0.244. The van der Waals surface area contributed by atoms with Crippen molar-refractivity contribution in [2.75, 3.05) is 6.61 Å². The standard InChI is InChI=1S/C14H16ClNOS/c1-10-2-3-11(6-13(10)15)7-16-14(8-17)12-4-5-18-9-12/h2-6,9,14,16-17H,7-8H2,1H3. The first-order chi connectivity index (χ1) is 8.70. The molecule has 0 saturated carbocycles. The molecule has 2 N–H and O–H groups in total. The fourth-order valence-corrected chi connectivity index (χ4v) is 2.67. The highest BCUT2D eigenvalue weighted by molar-refractivity contribution is 7.07. The minimum absolute atomic E-state index is 0.0173. The van der Waals surface area contributed by atoms with Gasteiger partial charge in [-0.2, -0.15) is 11.3 Å². The molecule has 0 fully saturated rings. The third-order valence-corrected chi connectivity index (χ3v) is 4.03. The summed E-state index contributed by atoms with van der Waals surface area (Å²) >= 11 is 7.72. The molecule has 1 aromatic carbocycles. The van der Waals surface area contributed by atoms with E-state index in [0.717, 1.165) is 21.7 Å². The summed E-state index contributed by atoms with van der Waals surface area (Å²) in [6.45, 7) is 2.78. The van der Waals surface area contributed by atoms with Crippen molar-refractivity contribution in [2.45, 2.75) is 19.5 Å². The van der Waals surface area contributed by atoms with Crippen LogP contribution in [0.3, 0.4) is 0 Å². The van der Waals surface area contributed by atoms with E-state index in [2.05, 4.69) is 16.8 Å². The van der Waals surface area contributed by atoms with E-state index in [0.29, 0.717) is 6.54 Å². The summed E-state index contributed by atoms with van der Waals surface area (Å²) in [6, 6.07) is 8.04. The maximum Gasteiger partial charge on any atom is 0.0626 e. The molecule has 2 rings (SSSR count). The summed E-state index contributed by atoms with van der Waals surface area (Å²) in [6.07, 6.45) is 0. The molecule has 1 unspecified atom stereocenters. The SMILES string of the molecule is Cc1ccc(CNC(CO)c2ccsc2)cc1Cl. The van der Waals surface area contributed by atoms with Gasteiger partial charge in [0.15, 0.2) is 0 Å². The van der Waals surface area contributed by atoms with Crippen LogP contribution in [-0.2, 0) is 6.54 Å². The second kappa shape index (κ2) is 6.34. The van der Waals surface area contributed by atoms with E-state index in [-0.39, 0.29) is 12.6 Å². The highest BCUT2D eigenvalue weighted by Crippen LogP contribution is 2.19. The van der Waals surface area contributed by atoms with Crippen LogP contribution in [0.25, 0.3) is 0 Å². The third-order valence-electron chi connectivity index (χ3n) is 2.92. The maximum absolute atomic E-state index is 9.39. The Kier molecular flexibility index (Phi) is 4.78. The summed E-state index contributed by atoms with van der Waals surface area (Å²) in [5, 5.41) is 17.6. The first-order valence-corrected chi connectivity index (χ1v) is 7.14. The fourth-order valence-electron chi connectivity index (χ4n) is 1.75. The number of halogens is 1. The van der Waals surface area contributed by atoms with E-state index >= 15 is 0 Å². The molecule has 0 aliphatic carbocycles. The second-order valence-corrected chi connectivity index (χ2v) is 5.44. The van der Waals surface area contributed by atoms with Crippen molar-refractivity contribution >= 4 is 22.9 Å². The van der Waals surface area contributed by atoms with Gasteiger partial charge < -0.3 is 10.4 Å². The van der Waals surface area contributed by atoms with Crippen LogP contribution in [0.5, 0.6) is 0 Å². The Labute approximate surface area is 116 Å². The number of hydrogen-bond donors (Lipinski definition) is 2. The molecule has 1 aromatic heterocycles. The molecule has 18 heavy (non-hydrogen) atoms. The highest BCUT2D eigenvalue weighted by atomic mass is 35.5. The van der Waals surface area contributed by atoms with Gasteiger partial charge in [0.05, 0.1) is 12.6 Å². The Morgan fingerprint density at radius 1 is 1.39 bits per heavy atom. The zero-order valence-corrected chi connectivity index (χ0v) is 11.8. The summed E-state index contributed by atoms with van der Waals surface area (Å²) in [7, 11) is 0. The van der Waals surface area contributed by atoms with Gasteiger partial charge in [-0.3, -0.25) is 0 Å². The molecule has 0 aliphatic heterocycles. The van der Waals surface area contributed by atoms with Crippen LogP contribution in [0.1, 0.15) is 22.7 Å². The van der Waals surface area contributed by atoms with E-state index in [4.69, 9.17) is 11.6 Å². The summed E-state index contributed by atoms with van der Waals surface area (Å²) in [5.41, 5.74) is 3.33. The Bertz CT molecular complexity index is 499. The first-order valence-electron chi connectivity index (χ1n) is 5.82. The summed E-state index contributed by atoms with van der Waals surface area (Å²) in [4.78, 5) is 0. The van der Waals surface area contributed by atoms with Crippen molar-refractivity contribution in [3.8, 4) is 0 Å². The number of nitrogens with one attached hydrogen (secondary N) is 1. The van der Waals surface area contributed by atoms with E-state index in [9.17, 15) is 5.11 Å². The van der Waals surface area contributed by atoms with Crippen molar-refractivity contribution in [3.63, 3.8) is 0 Å². The van der Waals surface area contributed by atoms with Crippen molar-refractivity contribution in [1.29, 1.82) is 0 Å². The Hall–Kier alpha value is -0.870. The molecular formula is C14H16ClNOS. The smallest absolute Gasteiger partial charge is 0.0626 e. The minimum atomic E-state index is -0.0173. The number of thiophene rings is 1. The van der Waals surface area contributed by atoms with Crippen LogP contribution in [0.4, 0.5) is 0 Å². The molecule has 0 amide bonds. The lowest BCUT2D eigenvalue weighted by atomic mass is 10.1. The number of aryl methyl sites for hydroxylation is 1. The van der Waals surface area contributed by atoms with Gasteiger partial charge in [0.2, 0.25) is 0 Å². The van der Waals surface area contributed by atoms with Crippen molar-refractivity contribution in [3.05, 3.63) is 56.7 Å². The summed E-state index contributed by atoms with van der Waals surface area (Å²) in [5.74, 6) is 0. The van der Waals surface area contributed by atoms with Gasteiger partial charge in [-0.15, -0.1) is 0 Å². The molecule has 2 aromatic rings. The Morgan fingerprint density at radius 3 is 2.83 bits per heavy atom. The molecule has 0 radical (unpaired) electrons. The second-order valence-electron chi connectivity index (χ2n) is 4.26. The fraction of sp³-hybridized carbons (Fsp3) is 0.286. The monoisotopic (exact) mass is 281 g/mol. The molecular weight excluding hydrogens is 266 g/mol. The van der Waals surface area contributed by atoms with Crippen molar-refractivity contribution < 1.29 is 5.11 Å². The number of aliphatic hydroxyl groups is 1. The molecule has 4 heteroatoms. The van der Waals surface area contributed by atoms with Crippen LogP contribution < -0.4 is 5.32 Å². The molecule has 2 nitrogen and oxygen atoms in total. The number of aliphatic hydroxyl groups excluding tert-OH is 1. The van der Waals surface area contributed by atoms with Gasteiger partial charge in [-0.1, -0.05) is 23.7 Å². The topological polar surface area (TPSA) is 32.3 Å². The normalized spacial score (nSPS) is 12.6. The van der Waals surface area contributed by atoms with Crippen LogP contribution in [0.15, 0.2) is 35.0 Å². The largest absolute Gasteiger partial charge is 0.394 e. The Balaban J connectivity index is 1.99. The predicted octanol–water partition coefficient (Wildman–Crippen LogP) is 3.53. The number of hydrogen-bond acceptors (Lipinski definition) is 3. The first kappa shape index (κ1) is 13.6. The van der Waals surface area contributed by atoms with Gasteiger partial charge in [0.1, 0.15) is 0 Å². The van der Waals surface area contributed by atoms with Crippen LogP contribution in [-0.4, -0.2) is 11.7 Å². The van der Waals surface area contributed by atoms with Crippen LogP contribution in [0, 0.1) is 6.92 Å². The number of rotatable bonds is 5. The quantitative estimate of drug-likeness (QED) is 0.879.